The van der Waals surface area contributed by atoms with Crippen molar-refractivity contribution in [1.82, 2.24) is 4.90 Å². The number of benzene rings is 1. The van der Waals surface area contributed by atoms with Crippen LogP contribution in [0.5, 0.6) is 0 Å². The third kappa shape index (κ3) is 4.58. The zero-order valence-electron chi connectivity index (χ0n) is 10.3. The van der Waals surface area contributed by atoms with E-state index >= 15 is 0 Å². The number of nitrogens with zero attached hydrogens (tertiary/aromatic N) is 1. The van der Waals surface area contributed by atoms with Crippen molar-refractivity contribution in [2.24, 2.45) is 0 Å². The molecule has 1 amide bonds. The number of amides is 1. The predicted octanol–water partition coefficient (Wildman–Crippen LogP) is 4.07. The third-order valence-electron chi connectivity index (χ3n) is 2.64. The third-order valence-corrected chi connectivity index (χ3v) is 3.40. The van der Waals surface area contributed by atoms with Gasteiger partial charge in [-0.1, -0.05) is 22.4 Å². The highest BCUT2D eigenvalue weighted by atomic mass is 79.9. The zero-order valence-corrected chi connectivity index (χ0v) is 12.6. The van der Waals surface area contributed by atoms with Gasteiger partial charge in [-0.3, -0.25) is 4.79 Å². The Hall–Kier alpha value is -0.610. The minimum absolute atomic E-state index is 0.109. The zero-order chi connectivity index (χ0) is 13.5. The van der Waals surface area contributed by atoms with Gasteiger partial charge in [-0.25, -0.2) is 4.39 Å². The summed E-state index contributed by atoms with van der Waals surface area (Å²) in [7, 11) is 1.69. The molecule has 0 saturated carbocycles. The highest BCUT2D eigenvalue weighted by Gasteiger charge is 2.15. The molecule has 0 heterocycles. The van der Waals surface area contributed by atoms with Gasteiger partial charge in [0.05, 0.1) is 5.56 Å². The molecule has 0 saturated heterocycles. The monoisotopic (exact) mass is 335 g/mol. The second-order valence-electron chi connectivity index (χ2n) is 4.10. The topological polar surface area (TPSA) is 20.3 Å². The molecular weight excluding hydrogens is 321 g/mol. The van der Waals surface area contributed by atoms with Crippen molar-refractivity contribution in [2.75, 3.05) is 19.5 Å². The van der Waals surface area contributed by atoms with E-state index in [0.717, 1.165) is 19.3 Å². The van der Waals surface area contributed by atoms with Gasteiger partial charge in [-0.15, -0.1) is 11.6 Å². The molecule has 1 rings (SSSR count). The maximum absolute atomic E-state index is 13.6. The minimum Gasteiger partial charge on any atom is -0.342 e. The lowest BCUT2D eigenvalue weighted by Crippen LogP contribution is -2.28. The molecule has 0 unspecified atom stereocenters. The number of carbonyl (C=O) groups excluding carboxylic acids is 1. The van der Waals surface area contributed by atoms with Gasteiger partial charge < -0.3 is 4.90 Å². The standard InChI is InChI=1S/C13H16BrClFNO/c1-17(8-4-2-3-7-15)13(18)11-6-5-10(14)9-12(11)16/h5-6,9H,2-4,7-8H2,1H3. The Bertz CT molecular complexity index is 414. The molecule has 0 spiro atoms. The van der Waals surface area contributed by atoms with Gasteiger partial charge in [0.25, 0.3) is 5.91 Å². The molecule has 0 atom stereocenters. The molecule has 0 bridgehead atoms. The number of carbonyl (C=O) groups is 1. The molecule has 0 radical (unpaired) electrons. The van der Waals surface area contributed by atoms with Crippen LogP contribution in [0.4, 0.5) is 4.39 Å². The Kier molecular flexibility index (Phi) is 6.65. The summed E-state index contributed by atoms with van der Waals surface area (Å²) in [6.07, 6.45) is 2.80. The molecule has 0 aromatic heterocycles. The van der Waals surface area contributed by atoms with E-state index in [1.54, 1.807) is 18.0 Å². The molecule has 1 aromatic rings. The van der Waals surface area contributed by atoms with Crippen LogP contribution in [0.25, 0.3) is 0 Å². The van der Waals surface area contributed by atoms with E-state index < -0.39 is 5.82 Å². The van der Waals surface area contributed by atoms with E-state index in [1.165, 1.54) is 12.1 Å². The molecule has 2 nitrogen and oxygen atoms in total. The number of halogens is 3. The average molecular weight is 337 g/mol. The Labute approximate surface area is 120 Å². The van der Waals surface area contributed by atoms with Crippen LogP contribution < -0.4 is 0 Å². The molecule has 5 heteroatoms. The van der Waals surface area contributed by atoms with Crippen molar-refractivity contribution < 1.29 is 9.18 Å². The number of alkyl halides is 1. The van der Waals surface area contributed by atoms with Crippen LogP contribution in [0.15, 0.2) is 22.7 Å². The van der Waals surface area contributed by atoms with Crippen molar-refractivity contribution >= 4 is 33.4 Å². The predicted molar refractivity (Wildman–Crippen MR) is 75.6 cm³/mol. The summed E-state index contributed by atoms with van der Waals surface area (Å²) >= 11 is 8.74. The fraction of sp³-hybridized carbons (Fsp3) is 0.462. The Morgan fingerprint density at radius 3 is 2.72 bits per heavy atom. The number of hydrogen-bond donors (Lipinski definition) is 0. The number of hydrogen-bond acceptors (Lipinski definition) is 1. The first kappa shape index (κ1) is 15.4. The van der Waals surface area contributed by atoms with E-state index in [4.69, 9.17) is 11.6 Å². The first-order valence-electron chi connectivity index (χ1n) is 5.82. The number of unbranched alkanes of at least 4 members (excludes halogenated alkanes) is 2. The van der Waals surface area contributed by atoms with Crippen LogP contribution in [0, 0.1) is 5.82 Å². The maximum Gasteiger partial charge on any atom is 0.256 e. The molecule has 18 heavy (non-hydrogen) atoms. The summed E-state index contributed by atoms with van der Waals surface area (Å²) < 4.78 is 14.2. The molecule has 100 valence electrons. The lowest BCUT2D eigenvalue weighted by Gasteiger charge is -2.17. The Morgan fingerprint density at radius 2 is 2.11 bits per heavy atom. The molecule has 1 aromatic carbocycles. The van der Waals surface area contributed by atoms with Crippen molar-refractivity contribution in [3.8, 4) is 0 Å². The van der Waals surface area contributed by atoms with E-state index in [1.807, 2.05) is 0 Å². The lowest BCUT2D eigenvalue weighted by atomic mass is 10.1. The summed E-state index contributed by atoms with van der Waals surface area (Å²) in [6.45, 7) is 0.616. The van der Waals surface area contributed by atoms with Crippen LogP contribution in [0.1, 0.15) is 29.6 Å². The summed E-state index contributed by atoms with van der Waals surface area (Å²) in [5.74, 6) is -0.146. The quantitative estimate of drug-likeness (QED) is 0.566. The van der Waals surface area contributed by atoms with Gasteiger partial charge in [0.1, 0.15) is 5.82 Å². The highest BCUT2D eigenvalue weighted by molar-refractivity contribution is 9.10. The van der Waals surface area contributed by atoms with Crippen LogP contribution in [-0.2, 0) is 0 Å². The van der Waals surface area contributed by atoms with Gasteiger partial charge >= 0.3 is 0 Å². The molecule has 0 aliphatic carbocycles. The summed E-state index contributed by atoms with van der Waals surface area (Å²) in [6, 6.07) is 4.46. The van der Waals surface area contributed by atoms with Crippen molar-refractivity contribution in [1.29, 1.82) is 0 Å². The highest BCUT2D eigenvalue weighted by Crippen LogP contribution is 2.16. The normalized spacial score (nSPS) is 10.4. The fourth-order valence-corrected chi connectivity index (χ4v) is 2.11. The van der Waals surface area contributed by atoms with Crippen molar-refractivity contribution in [3.63, 3.8) is 0 Å². The lowest BCUT2D eigenvalue weighted by molar-refractivity contribution is 0.0788. The molecule has 0 fully saturated rings. The molecular formula is C13H16BrClFNO. The molecule has 0 N–H and O–H groups in total. The smallest absolute Gasteiger partial charge is 0.256 e. The van der Waals surface area contributed by atoms with E-state index in [9.17, 15) is 9.18 Å². The van der Waals surface area contributed by atoms with Gasteiger partial charge in [-0.05, 0) is 31.0 Å². The van der Waals surface area contributed by atoms with Crippen LogP contribution in [-0.4, -0.2) is 30.3 Å². The molecule has 0 aliphatic rings. The van der Waals surface area contributed by atoms with E-state index in [0.29, 0.717) is 16.9 Å². The largest absolute Gasteiger partial charge is 0.342 e. The Morgan fingerprint density at radius 1 is 1.39 bits per heavy atom. The number of rotatable bonds is 6. The SMILES string of the molecule is CN(CCCCCCl)C(=O)c1ccc(Br)cc1F. The van der Waals surface area contributed by atoms with Crippen LogP contribution in [0.3, 0.4) is 0 Å². The van der Waals surface area contributed by atoms with Gasteiger partial charge in [0, 0.05) is 23.9 Å². The van der Waals surface area contributed by atoms with E-state index in [-0.39, 0.29) is 11.5 Å². The van der Waals surface area contributed by atoms with Crippen molar-refractivity contribution in [2.45, 2.75) is 19.3 Å². The second-order valence-corrected chi connectivity index (χ2v) is 5.39. The summed E-state index contributed by atoms with van der Waals surface area (Å²) in [5, 5.41) is 0. The first-order chi connectivity index (χ1) is 8.56. The van der Waals surface area contributed by atoms with Gasteiger partial charge in [0.15, 0.2) is 0 Å². The van der Waals surface area contributed by atoms with Gasteiger partial charge in [-0.2, -0.15) is 0 Å². The van der Waals surface area contributed by atoms with Crippen molar-refractivity contribution in [3.05, 3.63) is 34.1 Å². The first-order valence-corrected chi connectivity index (χ1v) is 7.15. The second kappa shape index (κ2) is 7.74. The summed E-state index contributed by atoms with van der Waals surface area (Å²) in [5.41, 5.74) is 0.109. The van der Waals surface area contributed by atoms with Gasteiger partial charge in [0.2, 0.25) is 0 Å². The van der Waals surface area contributed by atoms with Crippen LogP contribution in [0.2, 0.25) is 0 Å². The summed E-state index contributed by atoms with van der Waals surface area (Å²) in [4.78, 5) is 13.5. The fourth-order valence-electron chi connectivity index (χ4n) is 1.59. The average Bonchev–Trinajstić information content (AvgIpc) is 2.33. The van der Waals surface area contributed by atoms with Crippen LogP contribution >= 0.6 is 27.5 Å². The molecule has 0 aliphatic heterocycles. The maximum atomic E-state index is 13.6. The van der Waals surface area contributed by atoms with E-state index in [2.05, 4.69) is 15.9 Å². The minimum atomic E-state index is -0.498. The Balaban J connectivity index is 2.57.